The molecule has 4 heteroatoms. The van der Waals surface area contributed by atoms with Crippen LogP contribution in [-0.2, 0) is 5.54 Å². The van der Waals surface area contributed by atoms with Gasteiger partial charge in [-0.3, -0.25) is 4.90 Å². The van der Waals surface area contributed by atoms with E-state index in [4.69, 9.17) is 4.42 Å². The summed E-state index contributed by atoms with van der Waals surface area (Å²) in [5.41, 5.74) is -0.105. The number of likely N-dealkylation sites (N-methyl/N-ethyl adjacent to an activating group) is 1. The molecule has 1 aromatic rings. The molecule has 2 heterocycles. The fourth-order valence-corrected chi connectivity index (χ4v) is 1.80. The third-order valence-electron chi connectivity index (χ3n) is 3.02. The first kappa shape index (κ1) is 9.68. The van der Waals surface area contributed by atoms with Crippen LogP contribution in [0.25, 0.3) is 0 Å². The van der Waals surface area contributed by atoms with Gasteiger partial charge >= 0.3 is 0 Å². The summed E-state index contributed by atoms with van der Waals surface area (Å²) in [7, 11) is 2.11. The molecule has 0 amide bonds. The van der Waals surface area contributed by atoms with Crippen molar-refractivity contribution in [1.82, 2.24) is 15.2 Å². The van der Waals surface area contributed by atoms with E-state index in [0.717, 1.165) is 31.3 Å². The quantitative estimate of drug-likeness (QED) is 0.717. The first-order valence-corrected chi connectivity index (χ1v) is 4.98. The minimum Gasteiger partial charge on any atom is -0.444 e. The summed E-state index contributed by atoms with van der Waals surface area (Å²) >= 11 is 0. The summed E-state index contributed by atoms with van der Waals surface area (Å²) in [5, 5.41) is 3.37. The lowest BCUT2D eigenvalue weighted by atomic mass is 9.98. The predicted octanol–water partition coefficient (Wildman–Crippen LogP) is 0.733. The van der Waals surface area contributed by atoms with Crippen molar-refractivity contribution in [2.24, 2.45) is 0 Å². The second kappa shape index (κ2) is 3.37. The average Bonchev–Trinajstić information content (AvgIpc) is 2.58. The molecule has 1 fully saturated rings. The zero-order valence-corrected chi connectivity index (χ0v) is 9.00. The number of piperazine rings is 1. The van der Waals surface area contributed by atoms with Crippen LogP contribution >= 0.6 is 0 Å². The molecular formula is C10H17N3O. The van der Waals surface area contributed by atoms with Crippen LogP contribution in [0.5, 0.6) is 0 Å². The number of rotatable bonds is 1. The summed E-state index contributed by atoms with van der Waals surface area (Å²) in [6, 6.07) is 0. The van der Waals surface area contributed by atoms with Gasteiger partial charge in [0.15, 0.2) is 0 Å². The second-order valence-corrected chi connectivity index (χ2v) is 4.15. The standard InChI is InChI=1S/C10H17N3O/c1-8-6-12-9(14-8)10(2)7-11-4-5-13(10)3/h6,11H,4-5,7H2,1-3H3. The number of hydrogen-bond acceptors (Lipinski definition) is 4. The Morgan fingerprint density at radius 2 is 2.43 bits per heavy atom. The van der Waals surface area contributed by atoms with E-state index in [9.17, 15) is 0 Å². The van der Waals surface area contributed by atoms with Gasteiger partial charge in [-0.25, -0.2) is 4.98 Å². The van der Waals surface area contributed by atoms with Crippen LogP contribution in [0.1, 0.15) is 18.6 Å². The summed E-state index contributed by atoms with van der Waals surface area (Å²) < 4.78 is 5.60. The lowest BCUT2D eigenvalue weighted by Gasteiger charge is -2.40. The zero-order chi connectivity index (χ0) is 10.2. The number of aryl methyl sites for hydroxylation is 1. The summed E-state index contributed by atoms with van der Waals surface area (Å²) in [6.45, 7) is 7.04. The zero-order valence-electron chi connectivity index (χ0n) is 9.00. The highest BCUT2D eigenvalue weighted by Gasteiger charge is 2.37. The van der Waals surface area contributed by atoms with E-state index in [2.05, 4.69) is 29.2 Å². The van der Waals surface area contributed by atoms with Gasteiger partial charge in [-0.2, -0.15) is 0 Å². The van der Waals surface area contributed by atoms with E-state index in [1.807, 2.05) is 6.92 Å². The van der Waals surface area contributed by atoms with Crippen molar-refractivity contribution in [2.75, 3.05) is 26.7 Å². The Hall–Kier alpha value is -0.870. The van der Waals surface area contributed by atoms with Gasteiger partial charge in [0, 0.05) is 19.6 Å². The molecular weight excluding hydrogens is 178 g/mol. The molecule has 1 aliphatic heterocycles. The molecule has 1 unspecified atom stereocenters. The molecule has 0 radical (unpaired) electrons. The van der Waals surface area contributed by atoms with Crippen molar-refractivity contribution in [2.45, 2.75) is 19.4 Å². The molecule has 0 spiro atoms. The van der Waals surface area contributed by atoms with Crippen LogP contribution < -0.4 is 5.32 Å². The van der Waals surface area contributed by atoms with Crippen molar-refractivity contribution < 1.29 is 4.42 Å². The highest BCUT2D eigenvalue weighted by Crippen LogP contribution is 2.27. The predicted molar refractivity (Wildman–Crippen MR) is 54.1 cm³/mol. The molecule has 2 rings (SSSR count). The van der Waals surface area contributed by atoms with E-state index in [1.165, 1.54) is 0 Å². The lowest BCUT2D eigenvalue weighted by molar-refractivity contribution is 0.0753. The second-order valence-electron chi connectivity index (χ2n) is 4.15. The SMILES string of the molecule is Cc1cnc(C2(C)CNCCN2C)o1. The Bertz CT molecular complexity index is 323. The summed E-state index contributed by atoms with van der Waals surface area (Å²) in [5.74, 6) is 1.69. The maximum Gasteiger partial charge on any atom is 0.215 e. The molecule has 0 aromatic carbocycles. The van der Waals surface area contributed by atoms with Gasteiger partial charge in [-0.15, -0.1) is 0 Å². The Morgan fingerprint density at radius 3 is 3.00 bits per heavy atom. The molecule has 1 saturated heterocycles. The fraction of sp³-hybridized carbons (Fsp3) is 0.700. The highest BCUT2D eigenvalue weighted by atomic mass is 16.4. The van der Waals surface area contributed by atoms with Crippen LogP contribution in [0.15, 0.2) is 10.6 Å². The molecule has 1 aliphatic rings. The third-order valence-corrected chi connectivity index (χ3v) is 3.02. The van der Waals surface area contributed by atoms with Gasteiger partial charge in [-0.05, 0) is 20.9 Å². The van der Waals surface area contributed by atoms with E-state index >= 15 is 0 Å². The Balaban J connectivity index is 2.29. The molecule has 0 bridgehead atoms. The highest BCUT2D eigenvalue weighted by molar-refractivity contribution is 5.06. The normalized spacial score (nSPS) is 29.4. The average molecular weight is 195 g/mol. The van der Waals surface area contributed by atoms with Crippen molar-refractivity contribution in [1.29, 1.82) is 0 Å². The largest absolute Gasteiger partial charge is 0.444 e. The first-order valence-electron chi connectivity index (χ1n) is 4.98. The third kappa shape index (κ3) is 1.44. The van der Waals surface area contributed by atoms with Gasteiger partial charge in [0.2, 0.25) is 5.89 Å². The van der Waals surface area contributed by atoms with Gasteiger partial charge in [0.05, 0.1) is 6.20 Å². The van der Waals surface area contributed by atoms with Crippen molar-refractivity contribution >= 4 is 0 Å². The molecule has 78 valence electrons. The molecule has 4 nitrogen and oxygen atoms in total. The monoisotopic (exact) mass is 195 g/mol. The van der Waals surface area contributed by atoms with Gasteiger partial charge in [0.25, 0.3) is 0 Å². The van der Waals surface area contributed by atoms with Crippen LogP contribution in [0.2, 0.25) is 0 Å². The van der Waals surface area contributed by atoms with E-state index in [1.54, 1.807) is 6.20 Å². The Morgan fingerprint density at radius 1 is 1.64 bits per heavy atom. The maximum atomic E-state index is 5.60. The number of aromatic nitrogens is 1. The number of oxazole rings is 1. The molecule has 1 atom stereocenters. The van der Waals surface area contributed by atoms with Crippen LogP contribution in [-0.4, -0.2) is 36.6 Å². The maximum absolute atomic E-state index is 5.60. The van der Waals surface area contributed by atoms with E-state index in [-0.39, 0.29) is 5.54 Å². The van der Waals surface area contributed by atoms with Crippen LogP contribution in [0, 0.1) is 6.92 Å². The molecule has 0 saturated carbocycles. The van der Waals surface area contributed by atoms with Crippen LogP contribution in [0.4, 0.5) is 0 Å². The van der Waals surface area contributed by atoms with Gasteiger partial charge < -0.3 is 9.73 Å². The lowest BCUT2D eigenvalue weighted by Crippen LogP contribution is -2.55. The number of nitrogens with zero attached hydrogens (tertiary/aromatic N) is 2. The Kier molecular flexibility index (Phi) is 2.33. The molecule has 1 aromatic heterocycles. The minimum absolute atomic E-state index is 0.105. The Labute approximate surface area is 84.3 Å². The van der Waals surface area contributed by atoms with Gasteiger partial charge in [0.1, 0.15) is 11.3 Å². The number of hydrogen-bond donors (Lipinski definition) is 1. The molecule has 1 N–H and O–H groups in total. The topological polar surface area (TPSA) is 41.3 Å². The molecule has 14 heavy (non-hydrogen) atoms. The summed E-state index contributed by atoms with van der Waals surface area (Å²) in [6.07, 6.45) is 1.78. The van der Waals surface area contributed by atoms with Gasteiger partial charge in [-0.1, -0.05) is 0 Å². The van der Waals surface area contributed by atoms with Crippen molar-refractivity contribution in [3.05, 3.63) is 17.8 Å². The smallest absolute Gasteiger partial charge is 0.215 e. The first-order chi connectivity index (χ1) is 6.63. The minimum atomic E-state index is -0.105. The van der Waals surface area contributed by atoms with Crippen molar-refractivity contribution in [3.8, 4) is 0 Å². The van der Waals surface area contributed by atoms with E-state index in [0.29, 0.717) is 0 Å². The fourth-order valence-electron chi connectivity index (χ4n) is 1.80. The summed E-state index contributed by atoms with van der Waals surface area (Å²) in [4.78, 5) is 6.60. The molecule has 0 aliphatic carbocycles. The van der Waals surface area contributed by atoms with Crippen LogP contribution in [0.3, 0.4) is 0 Å². The van der Waals surface area contributed by atoms with E-state index < -0.39 is 0 Å². The van der Waals surface area contributed by atoms with Crippen molar-refractivity contribution in [3.63, 3.8) is 0 Å². The number of nitrogens with one attached hydrogen (secondary N) is 1.